The van der Waals surface area contributed by atoms with E-state index in [4.69, 9.17) is 11.6 Å². The van der Waals surface area contributed by atoms with Crippen molar-refractivity contribution in [2.24, 2.45) is 0 Å². The minimum Gasteiger partial charge on any atom is -0.274 e. The second kappa shape index (κ2) is 9.54. The Balaban J connectivity index is 1.74. The first-order valence-electron chi connectivity index (χ1n) is 10.1. The Hall–Kier alpha value is -2.27. The summed E-state index contributed by atoms with van der Waals surface area (Å²) in [5.41, 5.74) is 2.17. The van der Waals surface area contributed by atoms with Crippen molar-refractivity contribution >= 4 is 61.7 Å². The molecule has 0 spiro atoms. The van der Waals surface area contributed by atoms with Crippen LogP contribution in [-0.2, 0) is 26.2 Å². The normalized spacial score (nSPS) is 16.6. The molecular formula is C24H20ClIN2O4S. The molecule has 1 aliphatic rings. The third kappa shape index (κ3) is 4.98. The number of imide groups is 1. The topological polar surface area (TPSA) is 74.8 Å². The lowest BCUT2D eigenvalue weighted by Gasteiger charge is -2.27. The van der Waals surface area contributed by atoms with E-state index < -0.39 is 27.9 Å². The Bertz CT molecular complexity index is 1290. The Kier molecular flexibility index (Phi) is 6.90. The number of halogens is 2. The Labute approximate surface area is 211 Å². The maximum Gasteiger partial charge on any atom is 0.252 e. The van der Waals surface area contributed by atoms with Gasteiger partial charge in [-0.05, 0) is 83.6 Å². The van der Waals surface area contributed by atoms with Crippen molar-refractivity contribution in [3.8, 4) is 0 Å². The lowest BCUT2D eigenvalue weighted by Crippen LogP contribution is -2.45. The van der Waals surface area contributed by atoms with Crippen molar-refractivity contribution in [2.75, 3.05) is 4.90 Å². The van der Waals surface area contributed by atoms with E-state index in [-0.39, 0.29) is 17.9 Å². The summed E-state index contributed by atoms with van der Waals surface area (Å²) in [5, 5.41) is 0.399. The third-order valence-electron chi connectivity index (χ3n) is 5.43. The highest BCUT2D eigenvalue weighted by Crippen LogP contribution is 2.31. The van der Waals surface area contributed by atoms with Crippen LogP contribution in [0, 0.1) is 10.5 Å². The first-order valence-corrected chi connectivity index (χ1v) is 13.0. The van der Waals surface area contributed by atoms with Gasteiger partial charge in [0, 0.05) is 15.1 Å². The van der Waals surface area contributed by atoms with Crippen LogP contribution in [0.4, 0.5) is 5.69 Å². The number of carbonyl (C=O) groups excluding carboxylic acids is 2. The molecule has 1 aliphatic heterocycles. The minimum absolute atomic E-state index is 0.00646. The van der Waals surface area contributed by atoms with Crippen LogP contribution in [0.15, 0.2) is 77.7 Å². The van der Waals surface area contributed by atoms with E-state index in [0.717, 1.165) is 18.3 Å². The number of anilines is 1. The molecular weight excluding hydrogens is 575 g/mol. The molecule has 0 aliphatic carbocycles. The third-order valence-corrected chi connectivity index (χ3v) is 8.27. The summed E-state index contributed by atoms with van der Waals surface area (Å²) in [7, 11) is -4.10. The van der Waals surface area contributed by atoms with Crippen molar-refractivity contribution < 1.29 is 18.0 Å². The lowest BCUT2D eigenvalue weighted by atomic mass is 10.1. The zero-order chi connectivity index (χ0) is 23.8. The van der Waals surface area contributed by atoms with Gasteiger partial charge in [-0.2, -0.15) is 4.31 Å². The summed E-state index contributed by atoms with van der Waals surface area (Å²) >= 11 is 8.07. The predicted molar refractivity (Wildman–Crippen MR) is 135 cm³/mol. The molecule has 33 heavy (non-hydrogen) atoms. The smallest absolute Gasteiger partial charge is 0.252 e. The quantitative estimate of drug-likeness (QED) is 0.304. The van der Waals surface area contributed by atoms with Crippen LogP contribution in [0.2, 0.25) is 5.02 Å². The zero-order valence-corrected chi connectivity index (χ0v) is 21.3. The van der Waals surface area contributed by atoms with E-state index in [2.05, 4.69) is 22.6 Å². The van der Waals surface area contributed by atoms with Crippen molar-refractivity contribution in [1.82, 2.24) is 4.31 Å². The Morgan fingerprint density at radius 1 is 0.970 bits per heavy atom. The number of amides is 2. The second-order valence-corrected chi connectivity index (χ2v) is 11.3. The molecule has 1 atom stereocenters. The molecule has 2 amide bonds. The van der Waals surface area contributed by atoms with E-state index in [1.807, 2.05) is 31.2 Å². The summed E-state index contributed by atoms with van der Waals surface area (Å²) in [6.07, 6.45) is -0.233. The summed E-state index contributed by atoms with van der Waals surface area (Å²) in [6.45, 7) is 1.89. The van der Waals surface area contributed by atoms with Crippen LogP contribution in [0.1, 0.15) is 17.5 Å². The summed E-state index contributed by atoms with van der Waals surface area (Å²) in [4.78, 5) is 27.3. The average molecular weight is 595 g/mol. The van der Waals surface area contributed by atoms with Crippen LogP contribution in [0.5, 0.6) is 0 Å². The molecule has 9 heteroatoms. The summed E-state index contributed by atoms with van der Waals surface area (Å²) in [6, 6.07) is 18.9. The molecule has 3 aromatic rings. The second-order valence-electron chi connectivity index (χ2n) is 7.75. The highest BCUT2D eigenvalue weighted by atomic mass is 127. The fourth-order valence-corrected chi connectivity index (χ4v) is 5.74. The van der Waals surface area contributed by atoms with Gasteiger partial charge in [0.15, 0.2) is 0 Å². The van der Waals surface area contributed by atoms with Crippen LogP contribution in [0.25, 0.3) is 0 Å². The Morgan fingerprint density at radius 3 is 2.18 bits per heavy atom. The van der Waals surface area contributed by atoms with E-state index in [9.17, 15) is 18.0 Å². The van der Waals surface area contributed by atoms with Crippen molar-refractivity contribution in [3.63, 3.8) is 0 Å². The zero-order valence-electron chi connectivity index (χ0n) is 17.6. The number of benzene rings is 3. The minimum atomic E-state index is -4.10. The Morgan fingerprint density at radius 2 is 1.58 bits per heavy atom. The molecule has 0 N–H and O–H groups in total. The first-order chi connectivity index (χ1) is 15.7. The van der Waals surface area contributed by atoms with E-state index >= 15 is 0 Å². The SMILES string of the molecule is Cc1ccc(CN(C2CC(=O)N(c3ccc(I)cc3)C2=O)S(=O)(=O)c2ccc(Cl)cc2)cc1. The molecule has 0 saturated carbocycles. The summed E-state index contributed by atoms with van der Waals surface area (Å²) in [5.74, 6) is -1.00. The fraction of sp³-hybridized carbons (Fsp3) is 0.167. The lowest BCUT2D eigenvalue weighted by molar-refractivity contribution is -0.122. The van der Waals surface area contributed by atoms with Crippen molar-refractivity contribution in [1.29, 1.82) is 0 Å². The molecule has 1 fully saturated rings. The summed E-state index contributed by atoms with van der Waals surface area (Å²) < 4.78 is 29.4. The van der Waals surface area contributed by atoms with Gasteiger partial charge in [-0.3, -0.25) is 9.59 Å². The fourth-order valence-electron chi connectivity index (χ4n) is 3.68. The number of rotatable bonds is 6. The molecule has 4 rings (SSSR count). The van der Waals surface area contributed by atoms with E-state index in [1.54, 1.807) is 24.3 Å². The standard InChI is InChI=1S/C24H20ClIN2O4S/c1-16-2-4-17(5-3-16)15-27(33(31,32)21-12-6-18(25)7-13-21)22-14-23(29)28(24(22)30)20-10-8-19(26)9-11-20/h2-13,22H,14-15H2,1H3. The van der Waals surface area contributed by atoms with Crippen LogP contribution < -0.4 is 4.90 Å². The van der Waals surface area contributed by atoms with Crippen LogP contribution in [0.3, 0.4) is 0 Å². The number of hydrogen-bond acceptors (Lipinski definition) is 4. The molecule has 1 saturated heterocycles. The molecule has 0 radical (unpaired) electrons. The molecule has 3 aromatic carbocycles. The first kappa shape index (κ1) is 23.9. The van der Waals surface area contributed by atoms with Gasteiger partial charge in [-0.1, -0.05) is 41.4 Å². The number of nitrogens with zero attached hydrogens (tertiary/aromatic N) is 2. The van der Waals surface area contributed by atoms with E-state index in [0.29, 0.717) is 16.3 Å². The van der Waals surface area contributed by atoms with Gasteiger partial charge in [0.1, 0.15) is 6.04 Å². The molecule has 0 bridgehead atoms. The van der Waals surface area contributed by atoms with Gasteiger partial charge < -0.3 is 0 Å². The monoisotopic (exact) mass is 594 g/mol. The molecule has 0 aromatic heterocycles. The average Bonchev–Trinajstić information content (AvgIpc) is 3.07. The predicted octanol–water partition coefficient (Wildman–Crippen LogP) is 4.78. The number of aryl methyl sites for hydroxylation is 1. The van der Waals surface area contributed by atoms with Crippen molar-refractivity contribution in [2.45, 2.75) is 30.8 Å². The van der Waals surface area contributed by atoms with Gasteiger partial charge in [-0.25, -0.2) is 13.3 Å². The molecule has 1 heterocycles. The van der Waals surface area contributed by atoms with Crippen LogP contribution in [-0.4, -0.2) is 30.6 Å². The largest absolute Gasteiger partial charge is 0.274 e. The number of carbonyl (C=O) groups is 2. The molecule has 6 nitrogen and oxygen atoms in total. The number of hydrogen-bond donors (Lipinski definition) is 0. The maximum absolute atomic E-state index is 13.6. The molecule has 170 valence electrons. The highest BCUT2D eigenvalue weighted by Gasteiger charge is 2.47. The van der Waals surface area contributed by atoms with Crippen LogP contribution >= 0.6 is 34.2 Å². The van der Waals surface area contributed by atoms with Gasteiger partial charge in [0.05, 0.1) is 17.0 Å². The molecule has 1 unspecified atom stereocenters. The van der Waals surface area contributed by atoms with E-state index in [1.165, 1.54) is 24.3 Å². The number of sulfonamides is 1. The van der Waals surface area contributed by atoms with Gasteiger partial charge in [-0.15, -0.1) is 0 Å². The highest BCUT2D eigenvalue weighted by molar-refractivity contribution is 14.1. The van der Waals surface area contributed by atoms with Gasteiger partial charge in [0.25, 0.3) is 5.91 Å². The maximum atomic E-state index is 13.6. The van der Waals surface area contributed by atoms with Gasteiger partial charge >= 0.3 is 0 Å². The van der Waals surface area contributed by atoms with Crippen molar-refractivity contribution in [3.05, 3.63) is 92.5 Å². The van der Waals surface area contributed by atoms with Gasteiger partial charge in [0.2, 0.25) is 15.9 Å².